The Morgan fingerprint density at radius 2 is 1.87 bits per heavy atom. The number of amides is 1. The Hall–Kier alpha value is -0.956. The number of pyridine rings is 1. The van der Waals surface area contributed by atoms with E-state index in [9.17, 15) is 4.79 Å². The summed E-state index contributed by atoms with van der Waals surface area (Å²) in [6.07, 6.45) is 17.2. The molecule has 1 aliphatic rings. The molecule has 0 spiro atoms. The topological polar surface area (TPSA) is 112 Å². The molecule has 7 nitrogen and oxygen atoms in total. The minimum Gasteiger partial charge on any atom is -0.619 e. The number of carbonyl (C=O) groups is 1. The number of nitrogens with two attached hydrogens (primary N) is 1. The number of hydrogen-bond acceptors (Lipinski definition) is 4. The van der Waals surface area contributed by atoms with Crippen molar-refractivity contribution in [3.05, 3.63) is 59.6 Å². The molecular weight excluding hydrogens is 469 g/mol. The van der Waals surface area contributed by atoms with Gasteiger partial charge in [-0.05, 0) is 38.6 Å². The smallest absolute Gasteiger partial charge is 0.251 e. The molecule has 0 saturated heterocycles. The van der Waals surface area contributed by atoms with Crippen LogP contribution in [0.4, 0.5) is 0 Å². The van der Waals surface area contributed by atoms with Gasteiger partial charge in [-0.15, -0.1) is 0 Å². The molecule has 0 bridgehead atoms. The van der Waals surface area contributed by atoms with Gasteiger partial charge in [0.2, 0.25) is 0 Å². The number of aromatic nitrogens is 1. The third-order valence-electron chi connectivity index (χ3n) is 3.86. The molecule has 8 heteroatoms. The Bertz CT molecular complexity index is 579. The molecule has 1 heterocycles. The zero-order valence-corrected chi connectivity index (χ0v) is 22.6. The average Bonchev–Trinajstić information content (AvgIpc) is 2.80. The summed E-state index contributed by atoms with van der Waals surface area (Å²) in [5.74, 6) is -0.0749. The largest absolute Gasteiger partial charge is 0.619 e. The number of nitrogens with one attached hydrogen (secondary N) is 2. The van der Waals surface area contributed by atoms with E-state index in [1.165, 1.54) is 38.4 Å². The maximum Gasteiger partial charge on any atom is 0.251 e. The van der Waals surface area contributed by atoms with Crippen molar-refractivity contribution in [3.8, 4) is 0 Å². The second-order valence-electron chi connectivity index (χ2n) is 6.20. The van der Waals surface area contributed by atoms with E-state index in [4.69, 9.17) is 16.7 Å². The molecule has 1 aliphatic carbocycles. The molecule has 1 amide bonds. The summed E-state index contributed by atoms with van der Waals surface area (Å²) in [6, 6.07) is 3.43. The molecule has 5 N–H and O–H groups in total. The number of rotatable bonds is 8. The molecule has 1 aromatic rings. The van der Waals surface area contributed by atoms with Gasteiger partial charge in [-0.3, -0.25) is 10.1 Å². The van der Waals surface area contributed by atoms with E-state index in [1.807, 2.05) is 13.8 Å². The van der Waals surface area contributed by atoms with E-state index >= 15 is 0 Å². The summed E-state index contributed by atoms with van der Waals surface area (Å²) < 4.78 is 1.69. The molecule has 31 heavy (non-hydrogen) atoms. The summed E-state index contributed by atoms with van der Waals surface area (Å²) in [5, 5.41) is 9.89. The van der Waals surface area contributed by atoms with Crippen LogP contribution >= 0.6 is 0 Å². The monoisotopic (exact) mass is 511 g/mol. The third-order valence-corrected chi connectivity index (χ3v) is 3.86. The summed E-state index contributed by atoms with van der Waals surface area (Å²) in [7, 11) is 1.18. The Balaban J connectivity index is -0.000000443. The predicted molar refractivity (Wildman–Crippen MR) is 124 cm³/mol. The van der Waals surface area contributed by atoms with Crippen LogP contribution in [0.15, 0.2) is 48.3 Å². The SMILES string of the molecule is CC.CCCC1=CCCC=C1.COO.[NH-]C[n+]1ccc(C(=O)NCCCCN)cc1.[Y]. The first-order valence-electron chi connectivity index (χ1n) is 10.8. The zero-order valence-electron chi connectivity index (χ0n) is 19.8. The van der Waals surface area contributed by atoms with Crippen LogP contribution in [0.1, 0.15) is 69.7 Å². The van der Waals surface area contributed by atoms with Gasteiger partial charge in [-0.2, -0.15) is 0 Å². The first kappa shape index (κ1) is 34.7. The average molecular weight is 512 g/mol. The number of carbonyl (C=O) groups excluding carboxylic acids is 1. The second kappa shape index (κ2) is 27.1. The van der Waals surface area contributed by atoms with E-state index in [1.54, 1.807) is 29.1 Å². The van der Waals surface area contributed by atoms with Crippen molar-refractivity contribution in [2.45, 2.75) is 66.0 Å². The van der Waals surface area contributed by atoms with Crippen molar-refractivity contribution in [2.24, 2.45) is 5.73 Å². The summed E-state index contributed by atoms with van der Waals surface area (Å²) in [4.78, 5) is 14.9. The third kappa shape index (κ3) is 20.7. The Morgan fingerprint density at radius 1 is 1.26 bits per heavy atom. The van der Waals surface area contributed by atoms with Crippen LogP contribution in [0.5, 0.6) is 0 Å². The van der Waals surface area contributed by atoms with E-state index in [2.05, 4.69) is 35.4 Å². The Morgan fingerprint density at radius 3 is 2.32 bits per heavy atom. The Labute approximate surface area is 214 Å². The Kier molecular flexibility index (Phi) is 30.3. The summed E-state index contributed by atoms with van der Waals surface area (Å²) in [6.45, 7) is 7.70. The van der Waals surface area contributed by atoms with Crippen molar-refractivity contribution in [3.63, 3.8) is 0 Å². The van der Waals surface area contributed by atoms with Crippen molar-refractivity contribution in [1.29, 1.82) is 0 Å². The summed E-state index contributed by atoms with van der Waals surface area (Å²) >= 11 is 0. The standard InChI is InChI=1S/C11H18N4O.C9H14.C2H6.CH4O2.Y/c12-5-1-2-6-14-11(16)10-3-7-15(9-13)8-4-10;1-2-6-9-7-4-3-5-8-9;1-2;1-3-2;/h3-4,7-8,13H,1-2,5-6,9,12H2,(H,14,16);4,7-8H,2-3,5-6H2,1H3;1-2H3;2H,1H3;. The van der Waals surface area contributed by atoms with Crippen LogP contribution in [-0.2, 0) is 44.3 Å². The van der Waals surface area contributed by atoms with Crippen molar-refractivity contribution in [1.82, 2.24) is 5.32 Å². The van der Waals surface area contributed by atoms with Crippen LogP contribution in [0.3, 0.4) is 0 Å². The van der Waals surface area contributed by atoms with Gasteiger partial charge >= 0.3 is 0 Å². The normalized spacial score (nSPS) is 11.1. The van der Waals surface area contributed by atoms with Gasteiger partial charge in [0.25, 0.3) is 5.91 Å². The maximum atomic E-state index is 11.6. The molecule has 0 saturated carbocycles. The van der Waals surface area contributed by atoms with Crippen LogP contribution in [0, 0.1) is 0 Å². The first-order chi connectivity index (χ1) is 14.6. The van der Waals surface area contributed by atoms with E-state index in [-0.39, 0.29) is 45.3 Å². The van der Waals surface area contributed by atoms with Gasteiger partial charge in [0.1, 0.15) is 0 Å². The quantitative estimate of drug-likeness (QED) is 0.204. The van der Waals surface area contributed by atoms with E-state index in [0.29, 0.717) is 18.7 Å². The molecule has 0 atom stereocenters. The fourth-order valence-corrected chi connectivity index (χ4v) is 2.43. The van der Waals surface area contributed by atoms with Gasteiger partial charge in [0, 0.05) is 51.4 Å². The minimum atomic E-state index is -0.0749. The number of allylic oxidation sites excluding steroid dienone is 4. The molecule has 175 valence electrons. The van der Waals surface area contributed by atoms with Crippen LogP contribution in [-0.4, -0.2) is 31.4 Å². The maximum absolute atomic E-state index is 11.6. The molecule has 1 aromatic heterocycles. The minimum absolute atomic E-state index is 0. The number of nitrogens with zero attached hydrogens (tertiary/aromatic N) is 1. The van der Waals surface area contributed by atoms with Gasteiger partial charge in [-0.25, -0.2) is 9.45 Å². The fourth-order valence-electron chi connectivity index (χ4n) is 2.43. The summed E-state index contributed by atoms with van der Waals surface area (Å²) in [5.41, 5.74) is 14.6. The van der Waals surface area contributed by atoms with E-state index < -0.39 is 0 Å². The second-order valence-corrected chi connectivity index (χ2v) is 6.20. The molecule has 2 rings (SSSR count). The number of hydrogen-bond donors (Lipinski definition) is 3. The zero-order chi connectivity index (χ0) is 23.0. The van der Waals surface area contributed by atoms with E-state index in [0.717, 1.165) is 12.8 Å². The number of unbranched alkanes of at least 4 members (excludes halogenated alkanes) is 1. The van der Waals surface area contributed by atoms with Crippen molar-refractivity contribution < 1.29 is 52.2 Å². The van der Waals surface area contributed by atoms with Gasteiger partial charge in [0.05, 0.1) is 19.3 Å². The van der Waals surface area contributed by atoms with Gasteiger partial charge in [-0.1, -0.05) is 51.0 Å². The molecule has 0 fully saturated rings. The fraction of sp³-hybridized carbons (Fsp3) is 0.565. The molecule has 0 unspecified atom stereocenters. The predicted octanol–water partition coefficient (Wildman–Crippen LogP) is 4.64. The molecule has 0 aromatic carbocycles. The molecule has 1 radical (unpaired) electrons. The van der Waals surface area contributed by atoms with Gasteiger partial charge in [0.15, 0.2) is 12.4 Å². The molecular formula is C23H42N4O3Y. The van der Waals surface area contributed by atoms with Gasteiger partial charge < -0.3 is 16.8 Å². The van der Waals surface area contributed by atoms with Crippen molar-refractivity contribution >= 4 is 5.91 Å². The van der Waals surface area contributed by atoms with Crippen LogP contribution in [0.25, 0.3) is 5.73 Å². The molecule has 0 aliphatic heterocycles. The van der Waals surface area contributed by atoms with Crippen LogP contribution < -0.4 is 15.6 Å². The van der Waals surface area contributed by atoms with Crippen molar-refractivity contribution in [2.75, 3.05) is 20.2 Å². The van der Waals surface area contributed by atoms with Crippen LogP contribution in [0.2, 0.25) is 0 Å². The first-order valence-corrected chi connectivity index (χ1v) is 10.8.